The van der Waals surface area contributed by atoms with Gasteiger partial charge in [-0.25, -0.2) is 14.4 Å². The highest BCUT2D eigenvalue weighted by atomic mass is 19.1. The number of halogens is 1. The second-order valence-corrected chi connectivity index (χ2v) is 9.44. The number of aromatic nitrogens is 4. The highest BCUT2D eigenvalue weighted by Crippen LogP contribution is 2.38. The number of allylic oxidation sites excluding steroid dienone is 2. The maximum atomic E-state index is 15.2. The first kappa shape index (κ1) is 22.5. The third kappa shape index (κ3) is 4.16. The third-order valence-corrected chi connectivity index (χ3v) is 7.37. The minimum absolute atomic E-state index is 0.0248. The van der Waals surface area contributed by atoms with Gasteiger partial charge in [0, 0.05) is 73.2 Å². The fourth-order valence-electron chi connectivity index (χ4n) is 5.36. The van der Waals surface area contributed by atoms with Crippen molar-refractivity contribution in [2.75, 3.05) is 14.1 Å². The molecule has 2 aromatic heterocycles. The van der Waals surface area contributed by atoms with E-state index in [4.69, 9.17) is 0 Å². The van der Waals surface area contributed by atoms with Crippen LogP contribution in [0.15, 0.2) is 67.9 Å². The molecule has 0 aliphatic carbocycles. The summed E-state index contributed by atoms with van der Waals surface area (Å²) in [6.07, 6.45) is 13.2. The average Bonchev–Trinajstić information content (AvgIpc) is 3.40. The highest BCUT2D eigenvalue weighted by Gasteiger charge is 2.46. The van der Waals surface area contributed by atoms with Crippen molar-refractivity contribution in [3.63, 3.8) is 0 Å². The molecule has 3 aromatic rings. The molecule has 2 saturated heterocycles. The Balaban J connectivity index is 1.35. The van der Waals surface area contributed by atoms with Gasteiger partial charge in [0.15, 0.2) is 5.82 Å². The maximum Gasteiger partial charge on any atom is 0.159 e. The lowest BCUT2D eigenvalue weighted by Gasteiger charge is -2.42. The van der Waals surface area contributed by atoms with E-state index in [-0.39, 0.29) is 12.1 Å². The third-order valence-electron chi connectivity index (χ3n) is 7.37. The van der Waals surface area contributed by atoms with E-state index < -0.39 is 6.17 Å². The Kier molecular flexibility index (Phi) is 6.04. The molecule has 2 bridgehead atoms. The van der Waals surface area contributed by atoms with Gasteiger partial charge in [0.25, 0.3) is 0 Å². The van der Waals surface area contributed by atoms with Crippen LogP contribution in [0.4, 0.5) is 4.39 Å². The molecule has 0 spiro atoms. The van der Waals surface area contributed by atoms with Gasteiger partial charge in [-0.3, -0.25) is 9.58 Å². The fourth-order valence-corrected chi connectivity index (χ4v) is 5.36. The van der Waals surface area contributed by atoms with Crippen molar-refractivity contribution >= 4 is 5.57 Å². The van der Waals surface area contributed by atoms with Crippen LogP contribution in [0.5, 0.6) is 0 Å². The van der Waals surface area contributed by atoms with E-state index in [0.29, 0.717) is 11.9 Å². The zero-order valence-corrected chi connectivity index (χ0v) is 20.0. The number of fused-ring (bicyclic) bond motifs is 2. The highest BCUT2D eigenvalue weighted by molar-refractivity contribution is 5.73. The van der Waals surface area contributed by atoms with E-state index in [0.717, 1.165) is 47.1 Å². The molecule has 0 N–H and O–H groups in total. The molecule has 1 aromatic carbocycles. The Morgan fingerprint density at radius 1 is 1.12 bits per heavy atom. The molecule has 7 heteroatoms. The first-order valence-electron chi connectivity index (χ1n) is 11.8. The van der Waals surface area contributed by atoms with Crippen molar-refractivity contribution in [2.45, 2.75) is 43.6 Å². The monoisotopic (exact) mass is 458 g/mol. The predicted molar refractivity (Wildman–Crippen MR) is 133 cm³/mol. The standard InChI is InChI=1S/C27H31FN6/c1-5-18(16-32(2)25-12-23-9-10-24(26(25)28)34(23)4)21-13-29-27(30-14-21)20-8-6-7-19(11-20)22-15-31-33(3)17-22/h5-8,11,13-17,23-26H,1,9-10,12H2,2-4H3/b18-16+/t23-,24+,25-,26?/m0/s1. The van der Waals surface area contributed by atoms with E-state index in [9.17, 15) is 0 Å². The first-order chi connectivity index (χ1) is 16.4. The number of aryl methyl sites for hydroxylation is 1. The van der Waals surface area contributed by atoms with Gasteiger partial charge < -0.3 is 4.90 Å². The van der Waals surface area contributed by atoms with Crippen molar-refractivity contribution in [3.8, 4) is 22.5 Å². The van der Waals surface area contributed by atoms with Crippen LogP contribution in [0.1, 0.15) is 24.8 Å². The molecule has 0 radical (unpaired) electrons. The van der Waals surface area contributed by atoms with Crippen LogP contribution < -0.4 is 0 Å². The molecule has 176 valence electrons. The molecule has 5 rings (SSSR count). The maximum absolute atomic E-state index is 15.2. The quantitative estimate of drug-likeness (QED) is 0.506. The Labute approximate surface area is 200 Å². The van der Waals surface area contributed by atoms with Crippen molar-refractivity contribution in [2.24, 2.45) is 7.05 Å². The van der Waals surface area contributed by atoms with Crippen LogP contribution in [0.25, 0.3) is 28.1 Å². The number of alkyl halides is 1. The van der Waals surface area contributed by atoms with Gasteiger partial charge in [0.05, 0.1) is 12.2 Å². The molecule has 0 saturated carbocycles. The van der Waals surface area contributed by atoms with Gasteiger partial charge in [-0.05, 0) is 37.9 Å². The summed E-state index contributed by atoms with van der Waals surface area (Å²) in [7, 11) is 5.92. The van der Waals surface area contributed by atoms with Crippen LogP contribution in [0, 0.1) is 0 Å². The molecular formula is C27H31FN6. The Bertz CT molecular complexity index is 1200. The largest absolute Gasteiger partial charge is 0.374 e. The predicted octanol–water partition coefficient (Wildman–Crippen LogP) is 4.58. The van der Waals surface area contributed by atoms with Crippen LogP contribution in [0.3, 0.4) is 0 Å². The van der Waals surface area contributed by atoms with Crippen molar-refractivity contribution in [1.29, 1.82) is 0 Å². The molecule has 1 unspecified atom stereocenters. The average molecular weight is 459 g/mol. The first-order valence-corrected chi connectivity index (χ1v) is 11.8. The van der Waals surface area contributed by atoms with Crippen molar-refractivity contribution < 1.29 is 4.39 Å². The zero-order chi connectivity index (χ0) is 23.8. The normalized spacial score (nSPS) is 24.9. The molecule has 0 amide bonds. The summed E-state index contributed by atoms with van der Waals surface area (Å²) in [5.74, 6) is 0.655. The number of benzene rings is 1. The number of hydrogen-bond donors (Lipinski definition) is 0. The van der Waals surface area contributed by atoms with E-state index >= 15 is 4.39 Å². The number of nitrogens with zero attached hydrogens (tertiary/aromatic N) is 6. The lowest BCUT2D eigenvalue weighted by molar-refractivity contribution is 0.0268. The summed E-state index contributed by atoms with van der Waals surface area (Å²) in [5.41, 5.74) is 4.81. The van der Waals surface area contributed by atoms with Crippen molar-refractivity contribution in [1.82, 2.24) is 29.5 Å². The van der Waals surface area contributed by atoms with Crippen LogP contribution >= 0.6 is 0 Å². The SMILES string of the molecule is C=C/C(=C\N(C)[C@H]1C[C@@H]2CC[C@H](C1F)N2C)c1cnc(-c2cccc(-c3cnn(C)c3)c2)nc1. The van der Waals surface area contributed by atoms with E-state index in [1.165, 1.54) is 0 Å². The van der Waals surface area contributed by atoms with E-state index in [1.807, 2.05) is 62.1 Å². The van der Waals surface area contributed by atoms with Gasteiger partial charge in [-0.15, -0.1) is 0 Å². The van der Waals surface area contributed by atoms with Crippen molar-refractivity contribution in [3.05, 3.63) is 73.5 Å². The van der Waals surface area contributed by atoms with Crippen LogP contribution in [0.2, 0.25) is 0 Å². The summed E-state index contributed by atoms with van der Waals surface area (Å²) >= 11 is 0. The van der Waals surface area contributed by atoms with Gasteiger partial charge in [-0.2, -0.15) is 5.10 Å². The molecule has 2 aliphatic rings. The lowest BCUT2D eigenvalue weighted by Crippen LogP contribution is -2.54. The Hall–Kier alpha value is -3.32. The second kappa shape index (κ2) is 9.14. The number of piperidine rings is 1. The molecule has 6 nitrogen and oxygen atoms in total. The second-order valence-electron chi connectivity index (χ2n) is 9.44. The fraction of sp³-hybridized carbons (Fsp3) is 0.370. The lowest BCUT2D eigenvalue weighted by atomic mass is 9.95. The Morgan fingerprint density at radius 3 is 2.59 bits per heavy atom. The Morgan fingerprint density at radius 2 is 1.88 bits per heavy atom. The van der Waals surface area contributed by atoms with Gasteiger partial charge in [0.2, 0.25) is 0 Å². The topological polar surface area (TPSA) is 50.1 Å². The van der Waals surface area contributed by atoms with Gasteiger partial charge in [0.1, 0.15) is 6.17 Å². The summed E-state index contributed by atoms with van der Waals surface area (Å²) in [6, 6.07) is 8.49. The summed E-state index contributed by atoms with van der Waals surface area (Å²) in [6.45, 7) is 3.98. The molecule has 2 aliphatic heterocycles. The van der Waals surface area contributed by atoms with Gasteiger partial charge in [-0.1, -0.05) is 30.9 Å². The van der Waals surface area contributed by atoms with Crippen LogP contribution in [-0.4, -0.2) is 67.9 Å². The molecule has 34 heavy (non-hydrogen) atoms. The minimum Gasteiger partial charge on any atom is -0.374 e. The summed E-state index contributed by atoms with van der Waals surface area (Å²) < 4.78 is 17.0. The zero-order valence-electron chi connectivity index (χ0n) is 20.0. The van der Waals surface area contributed by atoms with E-state index in [2.05, 4.69) is 45.7 Å². The molecule has 4 atom stereocenters. The summed E-state index contributed by atoms with van der Waals surface area (Å²) in [4.78, 5) is 13.5. The minimum atomic E-state index is -0.859. The summed E-state index contributed by atoms with van der Waals surface area (Å²) in [5, 5.41) is 4.25. The number of hydrogen-bond acceptors (Lipinski definition) is 5. The van der Waals surface area contributed by atoms with E-state index in [1.54, 1.807) is 10.8 Å². The van der Waals surface area contributed by atoms with Gasteiger partial charge >= 0.3 is 0 Å². The molecular weight excluding hydrogens is 427 g/mol. The molecule has 4 heterocycles. The number of rotatable bonds is 6. The molecule has 2 fully saturated rings. The smallest absolute Gasteiger partial charge is 0.159 e. The van der Waals surface area contributed by atoms with Crippen LogP contribution in [-0.2, 0) is 7.05 Å².